The standard InChI is InChI=1S/C14H18N2O/c1-11-3-5-12(6-4-11)16(2)10-14-8-7-13(9-15)17-14/h3-8H,9-10,15H2,1-2H3. The Morgan fingerprint density at radius 1 is 1.06 bits per heavy atom. The summed E-state index contributed by atoms with van der Waals surface area (Å²) in [5.74, 6) is 1.77. The first kappa shape index (κ1) is 11.7. The van der Waals surface area contributed by atoms with Gasteiger partial charge in [-0.2, -0.15) is 0 Å². The lowest BCUT2D eigenvalue weighted by molar-refractivity contribution is 0.465. The maximum atomic E-state index is 5.58. The van der Waals surface area contributed by atoms with Gasteiger partial charge in [-0.1, -0.05) is 17.7 Å². The molecule has 0 radical (unpaired) electrons. The van der Waals surface area contributed by atoms with Gasteiger partial charge in [-0.25, -0.2) is 0 Å². The molecule has 1 aromatic heterocycles. The van der Waals surface area contributed by atoms with Crippen molar-refractivity contribution >= 4 is 5.69 Å². The van der Waals surface area contributed by atoms with Crippen LogP contribution in [-0.2, 0) is 13.1 Å². The second-order valence-electron chi connectivity index (χ2n) is 4.26. The monoisotopic (exact) mass is 230 g/mol. The number of nitrogens with two attached hydrogens (primary N) is 1. The number of benzene rings is 1. The average molecular weight is 230 g/mol. The largest absolute Gasteiger partial charge is 0.463 e. The Labute approximate surface area is 102 Å². The average Bonchev–Trinajstić information content (AvgIpc) is 2.77. The number of hydrogen-bond donors (Lipinski definition) is 1. The van der Waals surface area contributed by atoms with E-state index in [0.29, 0.717) is 6.54 Å². The molecule has 0 aliphatic heterocycles. The SMILES string of the molecule is Cc1ccc(N(C)Cc2ccc(CN)o2)cc1. The highest BCUT2D eigenvalue weighted by atomic mass is 16.3. The van der Waals surface area contributed by atoms with Gasteiger partial charge in [0.25, 0.3) is 0 Å². The number of hydrogen-bond acceptors (Lipinski definition) is 3. The first-order valence-electron chi connectivity index (χ1n) is 5.74. The summed E-state index contributed by atoms with van der Waals surface area (Å²) in [6, 6.07) is 12.4. The number of anilines is 1. The van der Waals surface area contributed by atoms with Gasteiger partial charge in [0, 0.05) is 12.7 Å². The van der Waals surface area contributed by atoms with E-state index in [1.165, 1.54) is 11.3 Å². The summed E-state index contributed by atoms with van der Waals surface area (Å²) in [7, 11) is 2.05. The van der Waals surface area contributed by atoms with Gasteiger partial charge in [-0.15, -0.1) is 0 Å². The molecule has 0 fully saturated rings. The van der Waals surface area contributed by atoms with Crippen LogP contribution in [0.5, 0.6) is 0 Å². The van der Waals surface area contributed by atoms with Crippen LogP contribution in [0.4, 0.5) is 5.69 Å². The van der Waals surface area contributed by atoms with Crippen LogP contribution in [0, 0.1) is 6.92 Å². The van der Waals surface area contributed by atoms with Crippen molar-refractivity contribution in [3.63, 3.8) is 0 Å². The highest BCUT2D eigenvalue weighted by Gasteiger charge is 2.05. The third kappa shape index (κ3) is 2.88. The van der Waals surface area contributed by atoms with E-state index in [0.717, 1.165) is 18.1 Å². The molecule has 0 saturated carbocycles. The Hall–Kier alpha value is -1.74. The van der Waals surface area contributed by atoms with Crippen LogP contribution >= 0.6 is 0 Å². The summed E-state index contributed by atoms with van der Waals surface area (Å²) in [5.41, 5.74) is 7.97. The van der Waals surface area contributed by atoms with Gasteiger partial charge < -0.3 is 15.1 Å². The molecule has 1 aromatic carbocycles. The summed E-state index contributed by atoms with van der Waals surface area (Å²) in [5, 5.41) is 0. The Bertz CT molecular complexity index is 473. The second kappa shape index (κ2) is 5.06. The molecule has 0 saturated heterocycles. The zero-order valence-electron chi connectivity index (χ0n) is 10.3. The van der Waals surface area contributed by atoms with E-state index >= 15 is 0 Å². The highest BCUT2D eigenvalue weighted by Crippen LogP contribution is 2.17. The van der Waals surface area contributed by atoms with Crippen LogP contribution in [0.1, 0.15) is 17.1 Å². The van der Waals surface area contributed by atoms with Crippen LogP contribution in [-0.4, -0.2) is 7.05 Å². The summed E-state index contributed by atoms with van der Waals surface area (Å²) < 4.78 is 5.58. The maximum Gasteiger partial charge on any atom is 0.123 e. The molecule has 0 aliphatic rings. The van der Waals surface area contributed by atoms with Crippen molar-refractivity contribution in [1.29, 1.82) is 0 Å². The van der Waals surface area contributed by atoms with Crippen molar-refractivity contribution in [2.45, 2.75) is 20.0 Å². The van der Waals surface area contributed by atoms with Crippen LogP contribution in [0.15, 0.2) is 40.8 Å². The number of furan rings is 1. The minimum absolute atomic E-state index is 0.453. The fraction of sp³-hybridized carbons (Fsp3) is 0.286. The van der Waals surface area contributed by atoms with E-state index in [4.69, 9.17) is 10.2 Å². The molecule has 2 aromatic rings. The van der Waals surface area contributed by atoms with Crippen molar-refractivity contribution in [1.82, 2.24) is 0 Å². The second-order valence-corrected chi connectivity index (χ2v) is 4.26. The van der Waals surface area contributed by atoms with Crippen LogP contribution in [0.2, 0.25) is 0 Å². The number of rotatable bonds is 4. The van der Waals surface area contributed by atoms with Crippen LogP contribution in [0.3, 0.4) is 0 Å². The van der Waals surface area contributed by atoms with Gasteiger partial charge in [0.1, 0.15) is 11.5 Å². The molecule has 3 nitrogen and oxygen atoms in total. The fourth-order valence-corrected chi connectivity index (χ4v) is 1.74. The van der Waals surface area contributed by atoms with Crippen LogP contribution in [0.25, 0.3) is 0 Å². The molecular weight excluding hydrogens is 212 g/mol. The van der Waals surface area contributed by atoms with Gasteiger partial charge in [0.15, 0.2) is 0 Å². The van der Waals surface area contributed by atoms with Gasteiger partial charge in [0.2, 0.25) is 0 Å². The molecule has 0 amide bonds. The van der Waals surface area contributed by atoms with Gasteiger partial charge in [-0.05, 0) is 31.2 Å². The fourth-order valence-electron chi connectivity index (χ4n) is 1.74. The van der Waals surface area contributed by atoms with E-state index in [2.05, 4.69) is 43.1 Å². The molecule has 0 aliphatic carbocycles. The molecule has 2 N–H and O–H groups in total. The predicted octanol–water partition coefficient (Wildman–Crippen LogP) is 2.68. The van der Waals surface area contributed by atoms with E-state index in [1.54, 1.807) is 0 Å². The first-order chi connectivity index (χ1) is 8.19. The smallest absolute Gasteiger partial charge is 0.123 e. The molecular formula is C14H18N2O. The van der Waals surface area contributed by atoms with Gasteiger partial charge in [-0.3, -0.25) is 0 Å². The minimum atomic E-state index is 0.453. The van der Waals surface area contributed by atoms with E-state index in [-0.39, 0.29) is 0 Å². The van der Waals surface area contributed by atoms with Gasteiger partial charge >= 0.3 is 0 Å². The number of aryl methyl sites for hydroxylation is 1. The zero-order chi connectivity index (χ0) is 12.3. The van der Waals surface area contributed by atoms with Gasteiger partial charge in [0.05, 0.1) is 13.1 Å². The van der Waals surface area contributed by atoms with Crippen molar-refractivity contribution in [2.75, 3.05) is 11.9 Å². The van der Waals surface area contributed by atoms with Crippen LogP contribution < -0.4 is 10.6 Å². The quantitative estimate of drug-likeness (QED) is 0.878. The molecule has 90 valence electrons. The van der Waals surface area contributed by atoms with E-state index in [1.807, 2.05) is 12.1 Å². The Kier molecular flexibility index (Phi) is 3.49. The molecule has 0 spiro atoms. The topological polar surface area (TPSA) is 42.4 Å². The first-order valence-corrected chi connectivity index (χ1v) is 5.74. The van der Waals surface area contributed by atoms with E-state index in [9.17, 15) is 0 Å². The summed E-state index contributed by atoms with van der Waals surface area (Å²) >= 11 is 0. The van der Waals surface area contributed by atoms with Crippen molar-refractivity contribution < 1.29 is 4.42 Å². The van der Waals surface area contributed by atoms with Crippen molar-refractivity contribution in [3.8, 4) is 0 Å². The lowest BCUT2D eigenvalue weighted by atomic mass is 10.2. The third-order valence-corrected chi connectivity index (χ3v) is 2.79. The lowest BCUT2D eigenvalue weighted by Crippen LogP contribution is -2.15. The normalized spacial score (nSPS) is 10.5. The maximum absolute atomic E-state index is 5.58. The summed E-state index contributed by atoms with van der Waals surface area (Å²) in [6.45, 7) is 3.29. The molecule has 0 unspecified atom stereocenters. The summed E-state index contributed by atoms with van der Waals surface area (Å²) in [4.78, 5) is 2.15. The molecule has 17 heavy (non-hydrogen) atoms. The summed E-state index contributed by atoms with van der Waals surface area (Å²) in [6.07, 6.45) is 0. The molecule has 0 atom stereocenters. The molecule has 0 bridgehead atoms. The Balaban J connectivity index is 2.05. The molecule has 2 rings (SSSR count). The molecule has 1 heterocycles. The zero-order valence-corrected chi connectivity index (χ0v) is 10.3. The number of nitrogens with zero attached hydrogens (tertiary/aromatic N) is 1. The Morgan fingerprint density at radius 2 is 1.71 bits per heavy atom. The highest BCUT2D eigenvalue weighted by molar-refractivity contribution is 5.46. The van der Waals surface area contributed by atoms with Crippen molar-refractivity contribution in [2.24, 2.45) is 5.73 Å². The Morgan fingerprint density at radius 3 is 2.29 bits per heavy atom. The van der Waals surface area contributed by atoms with E-state index < -0.39 is 0 Å². The van der Waals surface area contributed by atoms with Crippen molar-refractivity contribution in [3.05, 3.63) is 53.5 Å². The molecule has 3 heteroatoms. The predicted molar refractivity (Wildman–Crippen MR) is 69.9 cm³/mol. The lowest BCUT2D eigenvalue weighted by Gasteiger charge is -2.17. The minimum Gasteiger partial charge on any atom is -0.463 e. The third-order valence-electron chi connectivity index (χ3n) is 2.79.